The number of carboxylic acid groups (broad SMARTS) is 1. The zero-order chi connectivity index (χ0) is 23.1. The summed E-state index contributed by atoms with van der Waals surface area (Å²) in [7, 11) is 0. The molecule has 2 aliphatic heterocycles. The Morgan fingerprint density at radius 1 is 1.19 bits per heavy atom. The first-order chi connectivity index (χ1) is 14.5. The van der Waals surface area contributed by atoms with Crippen molar-refractivity contribution < 1.29 is 37.4 Å². The summed E-state index contributed by atoms with van der Waals surface area (Å²) in [5.41, 5.74) is 0.114. The zero-order valence-electron chi connectivity index (χ0n) is 16.8. The fourth-order valence-corrected chi connectivity index (χ4v) is 2.91. The minimum Gasteiger partial charge on any atom is -0.489 e. The Balaban J connectivity index is 0.000000423. The van der Waals surface area contributed by atoms with Gasteiger partial charge in [-0.15, -0.1) is 0 Å². The molecule has 1 aromatic rings. The van der Waals surface area contributed by atoms with Gasteiger partial charge in [-0.2, -0.15) is 13.2 Å². The topological polar surface area (TPSA) is 117 Å². The third kappa shape index (κ3) is 6.71. The van der Waals surface area contributed by atoms with Crippen LogP contribution in [0.15, 0.2) is 36.4 Å². The second kappa shape index (κ2) is 10.3. The maximum Gasteiger partial charge on any atom is 0.490 e. The highest BCUT2D eigenvalue weighted by Gasteiger charge is 2.43. The van der Waals surface area contributed by atoms with E-state index in [0.717, 1.165) is 0 Å². The lowest BCUT2D eigenvalue weighted by molar-refractivity contribution is -0.192. The van der Waals surface area contributed by atoms with Gasteiger partial charge in [-0.1, -0.05) is 24.3 Å². The van der Waals surface area contributed by atoms with Crippen LogP contribution in [0.25, 0.3) is 0 Å². The van der Waals surface area contributed by atoms with Crippen LogP contribution in [-0.4, -0.2) is 61.3 Å². The van der Waals surface area contributed by atoms with Crippen LogP contribution in [0.4, 0.5) is 13.2 Å². The monoisotopic (exact) mass is 443 g/mol. The zero-order valence-corrected chi connectivity index (χ0v) is 16.8. The molecule has 31 heavy (non-hydrogen) atoms. The van der Waals surface area contributed by atoms with Crippen molar-refractivity contribution in [1.29, 1.82) is 0 Å². The molecule has 1 atom stereocenters. The molecule has 4 N–H and O–H groups in total. The Morgan fingerprint density at radius 3 is 2.42 bits per heavy atom. The molecule has 3 rings (SSSR count). The van der Waals surface area contributed by atoms with E-state index < -0.39 is 12.1 Å². The number of benzene rings is 1. The van der Waals surface area contributed by atoms with Crippen molar-refractivity contribution in [1.82, 2.24) is 16.0 Å². The number of para-hydroxylation sites is 1. The van der Waals surface area contributed by atoms with Crippen LogP contribution in [0.5, 0.6) is 5.75 Å². The summed E-state index contributed by atoms with van der Waals surface area (Å²) in [6.07, 6.45) is -0.522. The molecule has 1 saturated heterocycles. The van der Waals surface area contributed by atoms with Crippen molar-refractivity contribution in [3.05, 3.63) is 42.0 Å². The molecule has 0 unspecified atom stereocenters. The number of nitrogens with one attached hydrogen (secondary N) is 3. The third-order valence-electron chi connectivity index (χ3n) is 4.74. The first-order valence-corrected chi connectivity index (χ1v) is 9.52. The van der Waals surface area contributed by atoms with Crippen molar-refractivity contribution in [2.75, 3.05) is 26.2 Å². The summed E-state index contributed by atoms with van der Waals surface area (Å²) >= 11 is 0. The van der Waals surface area contributed by atoms with Crippen LogP contribution in [0, 0.1) is 5.41 Å². The van der Waals surface area contributed by atoms with Gasteiger partial charge in [0.2, 0.25) is 5.91 Å². The standard InChI is InChI=1S/C18H23N3O3.C2HF3O2/c1-13-10-20-17(23)18(11-19-12-18)8-4-5-9-24-15-7-3-2-6-14(15)16(22)21-13;3-2(4,5)1(6)7/h2-7,13,19H,8-12H2,1H3,(H,20,23)(H,21,22);(H,6,7)/b5-4+;/t13-;/m0./s1. The molecule has 8 nitrogen and oxygen atoms in total. The quantitative estimate of drug-likeness (QED) is 0.452. The van der Waals surface area contributed by atoms with Crippen molar-refractivity contribution in [3.63, 3.8) is 0 Å². The molecule has 0 radical (unpaired) electrons. The molecule has 0 bridgehead atoms. The molecule has 11 heteroatoms. The number of hydrogen-bond donors (Lipinski definition) is 4. The Hall–Kier alpha value is -3.08. The smallest absolute Gasteiger partial charge is 0.489 e. The maximum absolute atomic E-state index is 12.5. The number of rotatable bonds is 0. The molecule has 0 aromatic heterocycles. The van der Waals surface area contributed by atoms with Crippen molar-refractivity contribution in [2.45, 2.75) is 25.6 Å². The van der Waals surface area contributed by atoms with Gasteiger partial charge in [0, 0.05) is 25.7 Å². The van der Waals surface area contributed by atoms with Crippen molar-refractivity contribution in [3.8, 4) is 5.75 Å². The second-order valence-electron chi connectivity index (χ2n) is 7.25. The number of halogens is 3. The van der Waals surface area contributed by atoms with E-state index in [-0.39, 0.29) is 23.3 Å². The Kier molecular flexibility index (Phi) is 8.03. The van der Waals surface area contributed by atoms with Crippen LogP contribution in [0.2, 0.25) is 0 Å². The molecule has 0 saturated carbocycles. The molecule has 2 heterocycles. The van der Waals surface area contributed by atoms with E-state index in [1.54, 1.807) is 18.2 Å². The average Bonchev–Trinajstić information content (AvgIpc) is 2.67. The summed E-state index contributed by atoms with van der Waals surface area (Å²) < 4.78 is 37.5. The first kappa shape index (κ1) is 24.2. The predicted molar refractivity (Wildman–Crippen MR) is 105 cm³/mol. The Bertz CT molecular complexity index is 838. The van der Waals surface area contributed by atoms with Crippen LogP contribution in [-0.2, 0) is 9.59 Å². The van der Waals surface area contributed by atoms with Gasteiger partial charge >= 0.3 is 12.1 Å². The van der Waals surface area contributed by atoms with Gasteiger partial charge < -0.3 is 25.8 Å². The number of aliphatic carboxylic acids is 1. The number of fused-ring (bicyclic) bond motifs is 1. The van der Waals surface area contributed by atoms with Crippen LogP contribution in [0.3, 0.4) is 0 Å². The second-order valence-corrected chi connectivity index (χ2v) is 7.25. The van der Waals surface area contributed by atoms with E-state index >= 15 is 0 Å². The Labute approximate surface area is 176 Å². The fourth-order valence-electron chi connectivity index (χ4n) is 2.91. The van der Waals surface area contributed by atoms with Crippen LogP contribution in [0.1, 0.15) is 23.7 Å². The predicted octanol–water partition coefficient (Wildman–Crippen LogP) is 1.48. The van der Waals surface area contributed by atoms with E-state index in [1.165, 1.54) is 0 Å². The van der Waals surface area contributed by atoms with Gasteiger partial charge in [-0.05, 0) is 25.5 Å². The van der Waals surface area contributed by atoms with E-state index in [9.17, 15) is 22.8 Å². The highest BCUT2D eigenvalue weighted by Crippen LogP contribution is 2.28. The highest BCUT2D eigenvalue weighted by atomic mass is 19.4. The van der Waals surface area contributed by atoms with E-state index in [0.29, 0.717) is 44.0 Å². The summed E-state index contributed by atoms with van der Waals surface area (Å²) in [5.74, 6) is -2.36. The van der Waals surface area contributed by atoms with Crippen molar-refractivity contribution in [2.24, 2.45) is 5.41 Å². The minimum absolute atomic E-state index is 0.0328. The van der Waals surface area contributed by atoms with Gasteiger partial charge in [0.05, 0.1) is 11.0 Å². The third-order valence-corrected chi connectivity index (χ3v) is 4.74. The lowest BCUT2D eigenvalue weighted by atomic mass is 9.77. The molecule has 1 spiro atoms. The minimum atomic E-state index is -5.08. The molecule has 2 amide bonds. The summed E-state index contributed by atoms with van der Waals surface area (Å²) in [4.78, 5) is 33.8. The largest absolute Gasteiger partial charge is 0.490 e. The number of carbonyl (C=O) groups is 3. The number of alkyl halides is 3. The molecule has 170 valence electrons. The summed E-state index contributed by atoms with van der Waals surface area (Å²) in [5, 5.41) is 16.2. The van der Waals surface area contributed by atoms with Gasteiger partial charge in [-0.3, -0.25) is 9.59 Å². The fraction of sp³-hybridized carbons (Fsp3) is 0.450. The lowest BCUT2D eigenvalue weighted by Gasteiger charge is -2.40. The van der Waals surface area contributed by atoms with Gasteiger partial charge in [0.15, 0.2) is 0 Å². The Morgan fingerprint density at radius 2 is 1.84 bits per heavy atom. The van der Waals surface area contributed by atoms with E-state index in [2.05, 4.69) is 16.0 Å². The average molecular weight is 443 g/mol. The molecular formula is C20H24F3N3O5. The SMILES string of the molecule is C[C@H]1CNC(=O)C2(C/C=C/COc3ccccc3C(=O)N1)CNC2.O=C(O)C(F)(F)F. The first-order valence-electron chi connectivity index (χ1n) is 9.52. The molecule has 1 aromatic carbocycles. The summed E-state index contributed by atoms with van der Waals surface area (Å²) in [6.45, 7) is 3.99. The number of carboxylic acids is 1. The van der Waals surface area contributed by atoms with E-state index in [4.69, 9.17) is 14.6 Å². The molecule has 2 aliphatic rings. The normalized spacial score (nSPS) is 22.1. The molecular weight excluding hydrogens is 419 g/mol. The maximum atomic E-state index is 12.5. The lowest BCUT2D eigenvalue weighted by Crippen LogP contribution is -2.62. The van der Waals surface area contributed by atoms with Gasteiger partial charge in [0.1, 0.15) is 12.4 Å². The van der Waals surface area contributed by atoms with Crippen molar-refractivity contribution >= 4 is 17.8 Å². The number of hydrogen-bond acceptors (Lipinski definition) is 5. The van der Waals surface area contributed by atoms with Gasteiger partial charge in [0.25, 0.3) is 5.91 Å². The number of allylic oxidation sites excluding steroid dienone is 1. The summed E-state index contributed by atoms with van der Waals surface area (Å²) in [6, 6.07) is 7.01. The van der Waals surface area contributed by atoms with Gasteiger partial charge in [-0.25, -0.2) is 4.79 Å². The van der Waals surface area contributed by atoms with Crippen LogP contribution >= 0.6 is 0 Å². The van der Waals surface area contributed by atoms with E-state index in [1.807, 2.05) is 25.1 Å². The number of carbonyl (C=O) groups excluding carboxylic acids is 2. The molecule has 0 aliphatic carbocycles. The highest BCUT2D eigenvalue weighted by molar-refractivity contribution is 5.97. The molecule has 1 fully saturated rings. The number of amides is 2. The number of ether oxygens (including phenoxy) is 1. The van der Waals surface area contributed by atoms with Crippen LogP contribution < -0.4 is 20.7 Å².